The van der Waals surface area contributed by atoms with Crippen molar-refractivity contribution in [2.24, 2.45) is 0 Å². The fraction of sp³-hybridized carbons (Fsp3) is 0.667. The second-order valence-corrected chi connectivity index (χ2v) is 2.53. The summed E-state index contributed by atoms with van der Waals surface area (Å²) in [5, 5.41) is 7.71. The predicted molar refractivity (Wildman–Crippen MR) is 34.4 cm³/mol. The molecule has 2 heterocycles. The van der Waals surface area contributed by atoms with E-state index in [1.54, 1.807) is 6.20 Å². The molecule has 4 heteroatoms. The van der Waals surface area contributed by atoms with Crippen LogP contribution in [0.15, 0.2) is 6.20 Å². The highest BCUT2D eigenvalue weighted by Crippen LogP contribution is 2.14. The third kappa shape index (κ3) is 0.724. The Bertz CT molecular complexity index is 233. The third-order valence-electron chi connectivity index (χ3n) is 1.68. The Labute approximate surface area is 58.8 Å². The van der Waals surface area contributed by atoms with Crippen molar-refractivity contribution < 1.29 is 4.74 Å². The van der Waals surface area contributed by atoms with Crippen LogP contribution >= 0.6 is 0 Å². The second-order valence-electron chi connectivity index (χ2n) is 2.53. The molecule has 0 aromatic carbocycles. The zero-order valence-corrected chi connectivity index (χ0v) is 5.82. The molecular weight excluding hydrogens is 130 g/mol. The van der Waals surface area contributed by atoms with Crippen LogP contribution in [0.3, 0.4) is 0 Å². The molecule has 10 heavy (non-hydrogen) atoms. The zero-order chi connectivity index (χ0) is 6.97. The van der Waals surface area contributed by atoms with E-state index in [-0.39, 0.29) is 0 Å². The Balaban J connectivity index is 2.41. The molecule has 0 radical (unpaired) electrons. The van der Waals surface area contributed by atoms with Crippen LogP contribution in [0.2, 0.25) is 0 Å². The Morgan fingerprint density at radius 3 is 3.50 bits per heavy atom. The first-order valence-electron chi connectivity index (χ1n) is 3.35. The summed E-state index contributed by atoms with van der Waals surface area (Å²) in [4.78, 5) is 0. The van der Waals surface area contributed by atoms with E-state index in [4.69, 9.17) is 4.74 Å². The standard InChI is InChI=1S/C6H9N3O/c1-5-3-10-4-6-2-7-8-9(5)6/h2,5H,3-4H2,1H3. The summed E-state index contributed by atoms with van der Waals surface area (Å²) < 4.78 is 7.17. The van der Waals surface area contributed by atoms with Crippen molar-refractivity contribution in [2.45, 2.75) is 19.6 Å². The van der Waals surface area contributed by atoms with Crippen LogP contribution in [-0.4, -0.2) is 21.6 Å². The molecule has 0 N–H and O–H groups in total. The van der Waals surface area contributed by atoms with Crippen LogP contribution in [0.1, 0.15) is 18.7 Å². The van der Waals surface area contributed by atoms with Gasteiger partial charge in [0.05, 0.1) is 31.1 Å². The molecule has 0 saturated heterocycles. The highest BCUT2D eigenvalue weighted by molar-refractivity contribution is 4.95. The maximum atomic E-state index is 5.27. The Morgan fingerprint density at radius 1 is 1.80 bits per heavy atom. The molecule has 1 unspecified atom stereocenters. The fourth-order valence-electron chi connectivity index (χ4n) is 1.14. The maximum absolute atomic E-state index is 5.27. The average Bonchev–Trinajstić information content (AvgIpc) is 2.36. The molecule has 1 aliphatic rings. The predicted octanol–water partition coefficient (Wildman–Crippen LogP) is 0.369. The van der Waals surface area contributed by atoms with Crippen molar-refractivity contribution in [1.82, 2.24) is 15.0 Å². The molecule has 0 amide bonds. The lowest BCUT2D eigenvalue weighted by Crippen LogP contribution is -2.21. The summed E-state index contributed by atoms with van der Waals surface area (Å²) in [7, 11) is 0. The van der Waals surface area contributed by atoms with Crippen LogP contribution in [0.25, 0.3) is 0 Å². The number of ether oxygens (including phenoxy) is 1. The Hall–Kier alpha value is -0.900. The Kier molecular flexibility index (Phi) is 1.20. The monoisotopic (exact) mass is 139 g/mol. The molecule has 2 rings (SSSR count). The minimum atomic E-state index is 0.339. The van der Waals surface area contributed by atoms with Gasteiger partial charge in [0.25, 0.3) is 0 Å². The molecule has 0 fully saturated rings. The first-order chi connectivity index (χ1) is 4.88. The van der Waals surface area contributed by atoms with E-state index in [0.29, 0.717) is 12.6 Å². The maximum Gasteiger partial charge on any atom is 0.0902 e. The minimum Gasteiger partial charge on any atom is -0.373 e. The number of nitrogens with zero attached hydrogens (tertiary/aromatic N) is 3. The van der Waals surface area contributed by atoms with Crippen LogP contribution in [0, 0.1) is 0 Å². The lowest BCUT2D eigenvalue weighted by atomic mass is 10.3. The van der Waals surface area contributed by atoms with Gasteiger partial charge in [-0.3, -0.25) is 0 Å². The van der Waals surface area contributed by atoms with E-state index in [9.17, 15) is 0 Å². The minimum absolute atomic E-state index is 0.339. The van der Waals surface area contributed by atoms with Gasteiger partial charge in [-0.15, -0.1) is 5.10 Å². The van der Waals surface area contributed by atoms with E-state index < -0.39 is 0 Å². The summed E-state index contributed by atoms with van der Waals surface area (Å²) in [5.41, 5.74) is 1.07. The number of rotatable bonds is 0. The van der Waals surface area contributed by atoms with E-state index in [2.05, 4.69) is 17.2 Å². The zero-order valence-electron chi connectivity index (χ0n) is 5.82. The van der Waals surface area contributed by atoms with Crippen molar-refractivity contribution in [2.75, 3.05) is 6.61 Å². The number of hydrogen-bond acceptors (Lipinski definition) is 3. The molecule has 0 saturated carbocycles. The molecule has 1 aromatic heterocycles. The summed E-state index contributed by atoms with van der Waals surface area (Å²) in [6.07, 6.45) is 1.75. The molecule has 0 aliphatic carbocycles. The van der Waals surface area contributed by atoms with Gasteiger partial charge in [-0.1, -0.05) is 5.21 Å². The van der Waals surface area contributed by atoms with Gasteiger partial charge in [-0.2, -0.15) is 0 Å². The van der Waals surface area contributed by atoms with Crippen molar-refractivity contribution in [3.63, 3.8) is 0 Å². The largest absolute Gasteiger partial charge is 0.373 e. The summed E-state index contributed by atoms with van der Waals surface area (Å²) in [6, 6.07) is 0.339. The van der Waals surface area contributed by atoms with Gasteiger partial charge >= 0.3 is 0 Å². The molecule has 54 valence electrons. The summed E-state index contributed by atoms with van der Waals surface area (Å²) in [5.74, 6) is 0. The average molecular weight is 139 g/mol. The van der Waals surface area contributed by atoms with E-state index in [1.807, 2.05) is 4.68 Å². The highest BCUT2D eigenvalue weighted by Gasteiger charge is 2.16. The van der Waals surface area contributed by atoms with Gasteiger partial charge in [-0.05, 0) is 6.92 Å². The number of hydrogen-bond donors (Lipinski definition) is 0. The van der Waals surface area contributed by atoms with Crippen molar-refractivity contribution in [1.29, 1.82) is 0 Å². The lowest BCUT2D eigenvalue weighted by molar-refractivity contribution is 0.0572. The molecule has 0 bridgehead atoms. The van der Waals surface area contributed by atoms with Gasteiger partial charge in [0, 0.05) is 0 Å². The SMILES string of the molecule is CC1COCc2cnnn21. The van der Waals surface area contributed by atoms with Crippen molar-refractivity contribution >= 4 is 0 Å². The van der Waals surface area contributed by atoms with E-state index in [1.165, 1.54) is 0 Å². The highest BCUT2D eigenvalue weighted by atomic mass is 16.5. The molecule has 4 nitrogen and oxygen atoms in total. The van der Waals surface area contributed by atoms with Crippen molar-refractivity contribution in [3.8, 4) is 0 Å². The molecule has 1 atom stereocenters. The van der Waals surface area contributed by atoms with Gasteiger partial charge in [-0.25, -0.2) is 4.68 Å². The van der Waals surface area contributed by atoms with Crippen LogP contribution in [0.5, 0.6) is 0 Å². The van der Waals surface area contributed by atoms with Gasteiger partial charge < -0.3 is 4.74 Å². The fourth-order valence-corrected chi connectivity index (χ4v) is 1.14. The van der Waals surface area contributed by atoms with Gasteiger partial charge in [0.2, 0.25) is 0 Å². The van der Waals surface area contributed by atoms with Crippen LogP contribution in [-0.2, 0) is 11.3 Å². The first kappa shape index (κ1) is 5.85. The smallest absolute Gasteiger partial charge is 0.0902 e. The third-order valence-corrected chi connectivity index (χ3v) is 1.68. The number of aromatic nitrogens is 3. The van der Waals surface area contributed by atoms with Crippen molar-refractivity contribution in [3.05, 3.63) is 11.9 Å². The summed E-state index contributed by atoms with van der Waals surface area (Å²) >= 11 is 0. The number of fused-ring (bicyclic) bond motifs is 1. The summed E-state index contributed by atoms with van der Waals surface area (Å²) in [6.45, 7) is 3.46. The first-order valence-corrected chi connectivity index (χ1v) is 3.35. The van der Waals surface area contributed by atoms with Gasteiger partial charge in [0.15, 0.2) is 0 Å². The van der Waals surface area contributed by atoms with E-state index in [0.717, 1.165) is 12.3 Å². The molecule has 1 aliphatic heterocycles. The van der Waals surface area contributed by atoms with E-state index >= 15 is 0 Å². The van der Waals surface area contributed by atoms with Crippen LogP contribution in [0.4, 0.5) is 0 Å². The second kappa shape index (κ2) is 2.05. The Morgan fingerprint density at radius 2 is 2.70 bits per heavy atom. The quantitative estimate of drug-likeness (QED) is 0.521. The van der Waals surface area contributed by atoms with Gasteiger partial charge in [0.1, 0.15) is 0 Å². The van der Waals surface area contributed by atoms with Crippen LogP contribution < -0.4 is 0 Å². The molecular formula is C6H9N3O. The normalized spacial score (nSPS) is 24.3. The molecule has 1 aromatic rings. The molecule has 0 spiro atoms. The topological polar surface area (TPSA) is 39.9 Å². The lowest BCUT2D eigenvalue weighted by Gasteiger charge is -2.19.